The van der Waals surface area contributed by atoms with Crippen LogP contribution in [0.2, 0.25) is 5.02 Å². The summed E-state index contributed by atoms with van der Waals surface area (Å²) in [6, 6.07) is 13.7. The lowest BCUT2D eigenvalue weighted by molar-refractivity contribution is -0.143. The van der Waals surface area contributed by atoms with Crippen molar-refractivity contribution in [1.29, 1.82) is 0 Å². The highest BCUT2D eigenvalue weighted by Gasteiger charge is 2.29. The van der Waals surface area contributed by atoms with Gasteiger partial charge < -0.3 is 19.7 Å². The van der Waals surface area contributed by atoms with Gasteiger partial charge in [0.25, 0.3) is 5.91 Å². The number of hydrogen-bond donors (Lipinski definition) is 1. The summed E-state index contributed by atoms with van der Waals surface area (Å²) >= 11 is 6.00. The third kappa shape index (κ3) is 7.47. The summed E-state index contributed by atoms with van der Waals surface area (Å²) in [6.45, 7) is 5.91. The van der Waals surface area contributed by atoms with Crippen LogP contribution in [0.5, 0.6) is 11.5 Å². The van der Waals surface area contributed by atoms with E-state index in [0.717, 1.165) is 12.0 Å². The van der Waals surface area contributed by atoms with Crippen molar-refractivity contribution >= 4 is 23.4 Å². The maximum Gasteiger partial charge on any atom is 0.261 e. The van der Waals surface area contributed by atoms with Crippen LogP contribution in [0.3, 0.4) is 0 Å². The molecule has 0 heterocycles. The van der Waals surface area contributed by atoms with Crippen molar-refractivity contribution in [2.24, 2.45) is 0 Å². The summed E-state index contributed by atoms with van der Waals surface area (Å²) in [6.07, 6.45) is 1.29. The molecule has 2 rings (SSSR count). The van der Waals surface area contributed by atoms with E-state index in [9.17, 15) is 9.59 Å². The quantitative estimate of drug-likeness (QED) is 0.553. The number of benzene rings is 2. The first-order chi connectivity index (χ1) is 14.9. The zero-order valence-electron chi connectivity index (χ0n) is 18.6. The van der Waals surface area contributed by atoms with E-state index in [2.05, 4.69) is 5.32 Å². The van der Waals surface area contributed by atoms with Crippen molar-refractivity contribution in [2.75, 3.05) is 13.7 Å². The minimum Gasteiger partial charge on any atom is -0.497 e. The SMILES string of the molecule is CC[C@H](C)NC(=O)[C@H](CC)N(Cc1cccc(OC)c1)C(=O)COc1cccc(Cl)c1. The molecule has 31 heavy (non-hydrogen) atoms. The number of ether oxygens (including phenoxy) is 2. The standard InChI is InChI=1S/C24H31ClN2O4/c1-5-17(3)26-24(29)22(6-2)27(15-18-9-7-11-20(13-18)30-4)23(28)16-31-21-12-8-10-19(25)14-21/h7-14,17,22H,5-6,15-16H2,1-4H3,(H,26,29)/t17-,22-/m0/s1. The maximum absolute atomic E-state index is 13.2. The van der Waals surface area contributed by atoms with Gasteiger partial charge in [-0.1, -0.05) is 43.6 Å². The van der Waals surface area contributed by atoms with E-state index in [-0.39, 0.29) is 31.0 Å². The van der Waals surface area contributed by atoms with E-state index < -0.39 is 6.04 Å². The zero-order valence-corrected chi connectivity index (χ0v) is 19.3. The molecule has 2 amide bonds. The molecule has 0 spiro atoms. The van der Waals surface area contributed by atoms with Crippen LogP contribution in [0.15, 0.2) is 48.5 Å². The van der Waals surface area contributed by atoms with Gasteiger partial charge in [0.05, 0.1) is 7.11 Å². The molecular formula is C24H31ClN2O4. The number of nitrogens with one attached hydrogen (secondary N) is 1. The predicted molar refractivity (Wildman–Crippen MR) is 122 cm³/mol. The predicted octanol–water partition coefficient (Wildman–Crippen LogP) is 4.45. The number of methoxy groups -OCH3 is 1. The fourth-order valence-electron chi connectivity index (χ4n) is 3.11. The Labute approximate surface area is 189 Å². The molecule has 0 saturated carbocycles. The lowest BCUT2D eigenvalue weighted by atomic mass is 10.1. The molecule has 2 aromatic carbocycles. The monoisotopic (exact) mass is 446 g/mol. The van der Waals surface area contributed by atoms with Gasteiger partial charge in [-0.25, -0.2) is 0 Å². The summed E-state index contributed by atoms with van der Waals surface area (Å²) in [5, 5.41) is 3.52. The maximum atomic E-state index is 13.2. The molecule has 0 bridgehead atoms. The van der Waals surface area contributed by atoms with E-state index >= 15 is 0 Å². The Kier molecular flexibility index (Phi) is 9.66. The molecule has 0 saturated heterocycles. The van der Waals surface area contributed by atoms with Gasteiger partial charge in [-0.15, -0.1) is 0 Å². The third-order valence-corrected chi connectivity index (χ3v) is 5.27. The van der Waals surface area contributed by atoms with Crippen LogP contribution in [-0.2, 0) is 16.1 Å². The largest absolute Gasteiger partial charge is 0.497 e. The molecule has 0 aliphatic heterocycles. The molecule has 0 fully saturated rings. The van der Waals surface area contributed by atoms with Crippen molar-refractivity contribution in [2.45, 2.75) is 52.2 Å². The number of rotatable bonds is 11. The lowest BCUT2D eigenvalue weighted by Crippen LogP contribution is -2.51. The van der Waals surface area contributed by atoms with Gasteiger partial charge >= 0.3 is 0 Å². The Hall–Kier alpha value is -2.73. The van der Waals surface area contributed by atoms with Gasteiger partial charge in [-0.2, -0.15) is 0 Å². The molecular weight excluding hydrogens is 416 g/mol. The van der Waals surface area contributed by atoms with Crippen LogP contribution < -0.4 is 14.8 Å². The van der Waals surface area contributed by atoms with Crippen LogP contribution in [0.4, 0.5) is 0 Å². The molecule has 0 aliphatic carbocycles. The zero-order chi connectivity index (χ0) is 22.8. The van der Waals surface area contributed by atoms with E-state index in [4.69, 9.17) is 21.1 Å². The number of amides is 2. The highest BCUT2D eigenvalue weighted by atomic mass is 35.5. The second-order valence-electron chi connectivity index (χ2n) is 7.36. The molecule has 2 atom stereocenters. The first kappa shape index (κ1) is 24.5. The van der Waals surface area contributed by atoms with Gasteiger partial charge in [0.2, 0.25) is 5.91 Å². The molecule has 1 N–H and O–H groups in total. The van der Waals surface area contributed by atoms with E-state index in [1.807, 2.05) is 45.0 Å². The number of halogens is 1. The molecule has 2 aromatic rings. The van der Waals surface area contributed by atoms with E-state index in [0.29, 0.717) is 22.9 Å². The van der Waals surface area contributed by atoms with Crippen LogP contribution in [0, 0.1) is 0 Å². The van der Waals surface area contributed by atoms with E-state index in [1.54, 1.807) is 36.3 Å². The Morgan fingerprint density at radius 1 is 1.06 bits per heavy atom. The van der Waals surface area contributed by atoms with Crippen molar-refractivity contribution in [3.05, 3.63) is 59.1 Å². The van der Waals surface area contributed by atoms with Crippen LogP contribution in [0.25, 0.3) is 0 Å². The Bertz CT molecular complexity index is 874. The fourth-order valence-corrected chi connectivity index (χ4v) is 3.29. The van der Waals surface area contributed by atoms with Crippen molar-refractivity contribution in [3.63, 3.8) is 0 Å². The second kappa shape index (κ2) is 12.2. The number of carbonyl (C=O) groups is 2. The molecule has 7 heteroatoms. The normalized spacial score (nSPS) is 12.5. The van der Waals surface area contributed by atoms with Gasteiger partial charge in [0, 0.05) is 17.6 Å². The first-order valence-electron chi connectivity index (χ1n) is 10.5. The average Bonchev–Trinajstić information content (AvgIpc) is 2.77. The smallest absolute Gasteiger partial charge is 0.261 e. The minimum absolute atomic E-state index is 0.0260. The van der Waals surface area contributed by atoms with Crippen molar-refractivity contribution in [3.8, 4) is 11.5 Å². The molecule has 6 nitrogen and oxygen atoms in total. The Morgan fingerprint density at radius 2 is 1.77 bits per heavy atom. The lowest BCUT2D eigenvalue weighted by Gasteiger charge is -2.31. The minimum atomic E-state index is -0.615. The number of carbonyl (C=O) groups excluding carboxylic acids is 2. The molecule has 0 aromatic heterocycles. The highest BCUT2D eigenvalue weighted by molar-refractivity contribution is 6.30. The summed E-state index contributed by atoms with van der Waals surface area (Å²) in [5.74, 6) is 0.737. The van der Waals surface area contributed by atoms with Crippen LogP contribution >= 0.6 is 11.6 Å². The highest BCUT2D eigenvalue weighted by Crippen LogP contribution is 2.20. The number of nitrogens with zero attached hydrogens (tertiary/aromatic N) is 1. The molecule has 168 valence electrons. The average molecular weight is 447 g/mol. The van der Waals surface area contributed by atoms with Gasteiger partial charge in [0.1, 0.15) is 17.5 Å². The van der Waals surface area contributed by atoms with Gasteiger partial charge in [-0.3, -0.25) is 9.59 Å². The van der Waals surface area contributed by atoms with Gasteiger partial charge in [0.15, 0.2) is 6.61 Å². The summed E-state index contributed by atoms with van der Waals surface area (Å²) < 4.78 is 11.0. The first-order valence-corrected chi connectivity index (χ1v) is 10.9. The van der Waals surface area contributed by atoms with Gasteiger partial charge in [-0.05, 0) is 55.7 Å². The van der Waals surface area contributed by atoms with Crippen molar-refractivity contribution < 1.29 is 19.1 Å². The van der Waals surface area contributed by atoms with Crippen LogP contribution in [-0.4, -0.2) is 42.5 Å². The van der Waals surface area contributed by atoms with E-state index in [1.165, 1.54) is 0 Å². The molecule has 0 radical (unpaired) electrons. The number of hydrogen-bond acceptors (Lipinski definition) is 4. The Balaban J connectivity index is 2.23. The summed E-state index contributed by atoms with van der Waals surface area (Å²) in [7, 11) is 1.59. The third-order valence-electron chi connectivity index (χ3n) is 5.03. The fraction of sp³-hybridized carbons (Fsp3) is 0.417. The van der Waals surface area contributed by atoms with Crippen molar-refractivity contribution in [1.82, 2.24) is 10.2 Å². The topological polar surface area (TPSA) is 67.9 Å². The second-order valence-corrected chi connectivity index (χ2v) is 7.80. The van der Waals surface area contributed by atoms with Crippen LogP contribution in [0.1, 0.15) is 39.2 Å². The molecule has 0 aliphatic rings. The summed E-state index contributed by atoms with van der Waals surface area (Å²) in [5.41, 5.74) is 0.866. The molecule has 0 unspecified atom stereocenters. The summed E-state index contributed by atoms with van der Waals surface area (Å²) in [4.78, 5) is 27.7. The Morgan fingerprint density at radius 3 is 2.42 bits per heavy atom.